The first-order chi connectivity index (χ1) is 8.31. The molecular weight excluding hydrogens is 212 g/mol. The molecule has 0 aliphatic heterocycles. The van der Waals surface area contributed by atoms with Crippen LogP contribution < -0.4 is 5.32 Å². The van der Waals surface area contributed by atoms with E-state index >= 15 is 0 Å². The molecule has 0 aliphatic carbocycles. The predicted molar refractivity (Wildman–Crippen MR) is 65.8 cm³/mol. The van der Waals surface area contributed by atoms with Gasteiger partial charge in [-0.3, -0.25) is 0 Å². The monoisotopic (exact) mass is 224 g/mol. The van der Waals surface area contributed by atoms with Gasteiger partial charge in [0.05, 0.1) is 12.4 Å². The van der Waals surface area contributed by atoms with Crippen LogP contribution in [0.25, 0.3) is 0 Å². The Morgan fingerprint density at radius 2 is 2.18 bits per heavy atom. The van der Waals surface area contributed by atoms with E-state index in [0.717, 1.165) is 12.1 Å². The molecule has 4 heteroatoms. The van der Waals surface area contributed by atoms with Crippen LogP contribution in [0.4, 0.5) is 11.5 Å². The number of aryl methyl sites for hydroxylation is 1. The van der Waals surface area contributed by atoms with E-state index in [1.165, 1.54) is 11.8 Å². The lowest BCUT2D eigenvalue weighted by atomic mass is 10.1. The molecule has 4 nitrogen and oxygen atoms in total. The summed E-state index contributed by atoms with van der Waals surface area (Å²) < 4.78 is 0. The maximum Gasteiger partial charge on any atom is 0.158 e. The molecule has 1 aromatic heterocycles. The molecule has 0 unspecified atom stereocenters. The molecule has 1 N–H and O–H groups in total. The average Bonchev–Trinajstić information content (AvgIpc) is 2.40. The molecule has 0 spiro atoms. The van der Waals surface area contributed by atoms with Crippen molar-refractivity contribution >= 4 is 11.5 Å². The highest BCUT2D eigenvalue weighted by molar-refractivity contribution is 5.56. The Kier molecular flexibility index (Phi) is 3.31. The van der Waals surface area contributed by atoms with E-state index in [1.807, 2.05) is 18.2 Å². The normalized spacial score (nSPS) is 9.65. The third kappa shape index (κ3) is 2.79. The van der Waals surface area contributed by atoms with Gasteiger partial charge < -0.3 is 5.32 Å². The van der Waals surface area contributed by atoms with E-state index in [0.29, 0.717) is 11.5 Å². The van der Waals surface area contributed by atoms with Crippen LogP contribution in [0.2, 0.25) is 0 Å². The second-order valence-electron chi connectivity index (χ2n) is 3.58. The highest BCUT2D eigenvalue weighted by Crippen LogP contribution is 2.15. The van der Waals surface area contributed by atoms with Gasteiger partial charge in [-0.2, -0.15) is 5.26 Å². The van der Waals surface area contributed by atoms with Gasteiger partial charge in [-0.05, 0) is 24.1 Å². The molecule has 0 fully saturated rings. The number of nitrogens with zero attached hydrogens (tertiary/aromatic N) is 3. The van der Waals surface area contributed by atoms with Gasteiger partial charge >= 0.3 is 0 Å². The van der Waals surface area contributed by atoms with E-state index in [4.69, 9.17) is 5.26 Å². The van der Waals surface area contributed by atoms with Crippen LogP contribution in [0, 0.1) is 11.3 Å². The summed E-state index contributed by atoms with van der Waals surface area (Å²) in [5.41, 5.74) is 2.55. The van der Waals surface area contributed by atoms with Crippen molar-refractivity contribution in [2.24, 2.45) is 0 Å². The van der Waals surface area contributed by atoms with Gasteiger partial charge in [0.15, 0.2) is 5.69 Å². The summed E-state index contributed by atoms with van der Waals surface area (Å²) in [5, 5.41) is 11.8. The Hall–Kier alpha value is -2.41. The summed E-state index contributed by atoms with van der Waals surface area (Å²) in [6.07, 6.45) is 4.00. The Bertz CT molecular complexity index is 540. The molecule has 0 saturated carbocycles. The molecule has 17 heavy (non-hydrogen) atoms. The fourth-order valence-corrected chi connectivity index (χ4v) is 1.47. The smallest absolute Gasteiger partial charge is 0.158 e. The van der Waals surface area contributed by atoms with Crippen LogP contribution >= 0.6 is 0 Å². The Balaban J connectivity index is 2.16. The first kappa shape index (κ1) is 11.1. The minimum atomic E-state index is 0.317. The highest BCUT2D eigenvalue weighted by Gasteiger charge is 1.98. The first-order valence-corrected chi connectivity index (χ1v) is 5.40. The van der Waals surface area contributed by atoms with Crippen molar-refractivity contribution in [2.75, 3.05) is 5.32 Å². The SMILES string of the molecule is CCc1cccc(Nc2cnc(C#N)cn2)c1. The van der Waals surface area contributed by atoms with E-state index < -0.39 is 0 Å². The van der Waals surface area contributed by atoms with Gasteiger partial charge in [-0.25, -0.2) is 9.97 Å². The topological polar surface area (TPSA) is 61.6 Å². The quantitative estimate of drug-likeness (QED) is 0.870. The summed E-state index contributed by atoms with van der Waals surface area (Å²) in [5.74, 6) is 0.636. The molecule has 0 bridgehead atoms. The van der Waals surface area contributed by atoms with Gasteiger partial charge in [0.2, 0.25) is 0 Å². The Labute approximate surface area is 100.0 Å². The minimum Gasteiger partial charge on any atom is -0.339 e. The van der Waals surface area contributed by atoms with E-state index in [2.05, 4.69) is 34.3 Å². The molecule has 0 radical (unpaired) electrons. The summed E-state index contributed by atoms with van der Waals surface area (Å²) in [7, 11) is 0. The van der Waals surface area contributed by atoms with E-state index in [1.54, 1.807) is 6.20 Å². The van der Waals surface area contributed by atoms with Gasteiger partial charge in [-0.15, -0.1) is 0 Å². The summed E-state index contributed by atoms with van der Waals surface area (Å²) in [6, 6.07) is 10.1. The van der Waals surface area contributed by atoms with Crippen molar-refractivity contribution in [1.29, 1.82) is 5.26 Å². The van der Waals surface area contributed by atoms with Crippen LogP contribution in [-0.4, -0.2) is 9.97 Å². The third-order valence-corrected chi connectivity index (χ3v) is 2.37. The lowest BCUT2D eigenvalue weighted by Gasteiger charge is -2.06. The molecular formula is C13H12N4. The van der Waals surface area contributed by atoms with E-state index in [-0.39, 0.29) is 0 Å². The van der Waals surface area contributed by atoms with Gasteiger partial charge in [0.25, 0.3) is 0 Å². The third-order valence-electron chi connectivity index (χ3n) is 2.37. The summed E-state index contributed by atoms with van der Waals surface area (Å²) in [6.45, 7) is 2.11. The number of hydrogen-bond donors (Lipinski definition) is 1. The molecule has 0 atom stereocenters. The maximum absolute atomic E-state index is 8.61. The number of anilines is 2. The molecule has 0 amide bonds. The van der Waals surface area contributed by atoms with Crippen LogP contribution in [0.3, 0.4) is 0 Å². The fourth-order valence-electron chi connectivity index (χ4n) is 1.47. The number of rotatable bonds is 3. The zero-order valence-electron chi connectivity index (χ0n) is 9.51. The second-order valence-corrected chi connectivity index (χ2v) is 3.58. The largest absolute Gasteiger partial charge is 0.339 e. The predicted octanol–water partition coefficient (Wildman–Crippen LogP) is 2.65. The zero-order chi connectivity index (χ0) is 12.1. The van der Waals surface area contributed by atoms with Crippen LogP contribution in [0.1, 0.15) is 18.2 Å². The van der Waals surface area contributed by atoms with Crippen molar-refractivity contribution in [3.05, 3.63) is 47.9 Å². The molecule has 1 aromatic carbocycles. The number of nitrogens with one attached hydrogen (secondary N) is 1. The van der Waals surface area contributed by atoms with E-state index in [9.17, 15) is 0 Å². The van der Waals surface area contributed by atoms with Gasteiger partial charge in [0.1, 0.15) is 11.9 Å². The van der Waals surface area contributed by atoms with Crippen LogP contribution in [-0.2, 0) is 6.42 Å². The highest BCUT2D eigenvalue weighted by atomic mass is 15.0. The number of nitriles is 1. The number of hydrogen-bond acceptors (Lipinski definition) is 4. The molecule has 2 rings (SSSR count). The van der Waals surface area contributed by atoms with Crippen molar-refractivity contribution < 1.29 is 0 Å². The molecule has 2 aromatic rings. The maximum atomic E-state index is 8.61. The first-order valence-electron chi connectivity index (χ1n) is 5.40. The molecule has 0 saturated heterocycles. The van der Waals surface area contributed by atoms with Crippen molar-refractivity contribution in [1.82, 2.24) is 9.97 Å². The minimum absolute atomic E-state index is 0.317. The lowest BCUT2D eigenvalue weighted by molar-refractivity contribution is 1.13. The molecule has 0 aliphatic rings. The fraction of sp³-hybridized carbons (Fsp3) is 0.154. The molecule has 84 valence electrons. The number of aromatic nitrogens is 2. The second kappa shape index (κ2) is 5.08. The van der Waals surface area contributed by atoms with Gasteiger partial charge in [-0.1, -0.05) is 19.1 Å². The zero-order valence-corrected chi connectivity index (χ0v) is 9.51. The summed E-state index contributed by atoms with van der Waals surface area (Å²) >= 11 is 0. The summed E-state index contributed by atoms with van der Waals surface area (Å²) in [4.78, 5) is 8.05. The van der Waals surface area contributed by atoms with Crippen LogP contribution in [0.15, 0.2) is 36.7 Å². The average molecular weight is 224 g/mol. The molecule has 1 heterocycles. The number of benzene rings is 1. The van der Waals surface area contributed by atoms with Crippen molar-refractivity contribution in [3.63, 3.8) is 0 Å². The standard InChI is InChI=1S/C13H12N4/c1-2-10-4-3-5-11(6-10)17-13-9-15-12(7-14)8-16-13/h3-6,8-9H,2H2,1H3,(H,16,17). The van der Waals surface area contributed by atoms with Gasteiger partial charge in [0, 0.05) is 5.69 Å². The Morgan fingerprint density at radius 3 is 2.82 bits per heavy atom. The lowest BCUT2D eigenvalue weighted by Crippen LogP contribution is -1.96. The van der Waals surface area contributed by atoms with Crippen molar-refractivity contribution in [3.8, 4) is 6.07 Å². The van der Waals surface area contributed by atoms with Crippen molar-refractivity contribution in [2.45, 2.75) is 13.3 Å². The Morgan fingerprint density at radius 1 is 1.29 bits per heavy atom. The van der Waals surface area contributed by atoms with Crippen LogP contribution in [0.5, 0.6) is 0 Å².